The van der Waals surface area contributed by atoms with E-state index in [1.165, 1.54) is 10.8 Å². The number of para-hydroxylation sites is 2. The summed E-state index contributed by atoms with van der Waals surface area (Å²) in [5.41, 5.74) is 3.37. The largest absolute Gasteiger partial charge is 0.349 e. The highest BCUT2D eigenvalue weighted by Gasteiger charge is 2.26. The van der Waals surface area contributed by atoms with Crippen LogP contribution in [0.25, 0.3) is 11.0 Å². The van der Waals surface area contributed by atoms with Crippen LogP contribution in [0.5, 0.6) is 0 Å². The van der Waals surface area contributed by atoms with Gasteiger partial charge in [0.2, 0.25) is 0 Å². The number of carbonyl (C=O) groups excluding carboxylic acids is 2. The van der Waals surface area contributed by atoms with E-state index in [-0.39, 0.29) is 35.9 Å². The fraction of sp³-hybridized carbons (Fsp3) is 0.300. The Bertz CT molecular complexity index is 1640. The summed E-state index contributed by atoms with van der Waals surface area (Å²) >= 11 is 6.02. The van der Waals surface area contributed by atoms with Gasteiger partial charge in [0.25, 0.3) is 5.91 Å². The number of carbonyl (C=O) groups is 2. The van der Waals surface area contributed by atoms with Crippen LogP contribution < -0.4 is 11.0 Å². The van der Waals surface area contributed by atoms with Gasteiger partial charge in [-0.1, -0.05) is 35.9 Å². The van der Waals surface area contributed by atoms with Crippen LogP contribution in [0.2, 0.25) is 5.02 Å². The van der Waals surface area contributed by atoms with E-state index in [1.807, 2.05) is 30.3 Å². The van der Waals surface area contributed by atoms with Crippen molar-refractivity contribution in [3.05, 3.63) is 98.7 Å². The molecule has 2 aromatic carbocycles. The highest BCUT2D eigenvalue weighted by atomic mass is 35.5. The summed E-state index contributed by atoms with van der Waals surface area (Å²) in [4.78, 5) is 43.4. The van der Waals surface area contributed by atoms with E-state index in [4.69, 9.17) is 16.9 Å². The van der Waals surface area contributed by atoms with Crippen LogP contribution in [-0.2, 0) is 13.1 Å². The number of imidazole rings is 1. The average Bonchev–Trinajstić information content (AvgIpc) is 3.21. The van der Waals surface area contributed by atoms with Crippen LogP contribution in [-0.4, -0.2) is 31.9 Å². The topological polar surface area (TPSA) is 110 Å². The van der Waals surface area contributed by atoms with E-state index < -0.39 is 0 Å². The quantitative estimate of drug-likeness (QED) is 0.334. The number of rotatable bonds is 7. The molecule has 0 saturated heterocycles. The third-order valence-corrected chi connectivity index (χ3v) is 7.69. The van der Waals surface area contributed by atoms with Crippen molar-refractivity contribution in [2.75, 3.05) is 0 Å². The predicted octanol–water partition coefficient (Wildman–Crippen LogP) is 4.90. The van der Waals surface area contributed by atoms with Crippen molar-refractivity contribution >= 4 is 34.3 Å². The van der Waals surface area contributed by atoms with Gasteiger partial charge in [-0.25, -0.2) is 4.79 Å². The van der Waals surface area contributed by atoms with Gasteiger partial charge in [0.1, 0.15) is 0 Å². The van der Waals surface area contributed by atoms with Crippen LogP contribution in [0.15, 0.2) is 65.6 Å². The van der Waals surface area contributed by atoms with E-state index in [1.54, 1.807) is 41.8 Å². The summed E-state index contributed by atoms with van der Waals surface area (Å²) in [6.07, 6.45) is 4.89. The van der Waals surface area contributed by atoms with Gasteiger partial charge in [-0.05, 0) is 68.9 Å². The second kappa shape index (κ2) is 11.3. The lowest BCUT2D eigenvalue weighted by atomic mass is 9.85. The summed E-state index contributed by atoms with van der Waals surface area (Å²) in [6, 6.07) is 17.7. The second-order valence-electron chi connectivity index (χ2n) is 10.1. The first-order chi connectivity index (χ1) is 18.8. The zero-order chi connectivity index (χ0) is 27.5. The van der Waals surface area contributed by atoms with Gasteiger partial charge in [-0.15, -0.1) is 0 Å². The first kappa shape index (κ1) is 26.4. The molecule has 1 saturated carbocycles. The number of fused-ring (bicyclic) bond motifs is 1. The Morgan fingerprint density at radius 1 is 1.05 bits per heavy atom. The summed E-state index contributed by atoms with van der Waals surface area (Å²) in [7, 11) is 0. The van der Waals surface area contributed by atoms with Crippen molar-refractivity contribution in [2.24, 2.45) is 5.92 Å². The molecule has 4 aromatic rings. The number of aromatic nitrogens is 3. The van der Waals surface area contributed by atoms with Crippen molar-refractivity contribution in [2.45, 2.75) is 51.7 Å². The number of Topliss-reactive ketones (excluding diaryl/α,β-unsaturated/α-hetero) is 1. The minimum atomic E-state index is -0.211. The lowest BCUT2D eigenvalue weighted by molar-refractivity contribution is 0.0917. The first-order valence-electron chi connectivity index (χ1n) is 13.0. The molecule has 0 atom stereocenters. The fourth-order valence-corrected chi connectivity index (χ4v) is 5.47. The number of nitrogens with one attached hydrogen (secondary N) is 1. The van der Waals surface area contributed by atoms with Crippen molar-refractivity contribution in [1.29, 1.82) is 5.26 Å². The molecule has 0 radical (unpaired) electrons. The Hall–Kier alpha value is -4.22. The van der Waals surface area contributed by atoms with Crippen molar-refractivity contribution in [1.82, 2.24) is 19.4 Å². The molecule has 198 valence electrons. The predicted molar refractivity (Wildman–Crippen MR) is 149 cm³/mol. The van der Waals surface area contributed by atoms with Crippen LogP contribution in [0.1, 0.15) is 57.7 Å². The molecule has 2 heterocycles. The molecule has 0 aliphatic heterocycles. The zero-order valence-corrected chi connectivity index (χ0v) is 22.3. The summed E-state index contributed by atoms with van der Waals surface area (Å²) in [5.74, 6) is -0.0815. The molecule has 8 nitrogen and oxygen atoms in total. The number of pyridine rings is 1. The normalized spacial score (nSPS) is 17.1. The number of halogens is 1. The number of aryl methyl sites for hydroxylation is 1. The molecule has 39 heavy (non-hydrogen) atoms. The standard InChI is InChI=1S/C30H28ClN5O3/c1-19-25(14-23(31)16-33-19)29(38)34-24-12-8-21(9-13-24)17-35-26-4-2-3-5-27(26)36(30(35)39)18-28(37)22-10-6-20(15-32)7-11-22/h2-7,10-11,14,16,21,24H,8-9,12-13,17-18H2,1H3,(H,34,38)/t21-,24-. The highest BCUT2D eigenvalue weighted by Crippen LogP contribution is 2.27. The molecule has 9 heteroatoms. The molecular formula is C30H28ClN5O3. The molecule has 0 unspecified atom stereocenters. The molecule has 1 fully saturated rings. The lowest BCUT2D eigenvalue weighted by Gasteiger charge is -2.29. The van der Waals surface area contributed by atoms with Crippen molar-refractivity contribution < 1.29 is 9.59 Å². The van der Waals surface area contributed by atoms with Gasteiger partial charge in [0.15, 0.2) is 5.78 Å². The van der Waals surface area contributed by atoms with Gasteiger partial charge < -0.3 is 5.32 Å². The maximum absolute atomic E-state index is 13.5. The molecule has 0 bridgehead atoms. The van der Waals surface area contributed by atoms with E-state index in [9.17, 15) is 14.4 Å². The average molecular weight is 542 g/mol. The van der Waals surface area contributed by atoms with E-state index >= 15 is 0 Å². The number of nitrogens with zero attached hydrogens (tertiary/aromatic N) is 4. The molecule has 0 spiro atoms. The summed E-state index contributed by atoms with van der Waals surface area (Å²) in [5, 5.41) is 12.5. The minimum absolute atomic E-state index is 0.0511. The van der Waals surface area contributed by atoms with Gasteiger partial charge in [-0.2, -0.15) is 5.26 Å². The molecule has 1 aliphatic rings. The third-order valence-electron chi connectivity index (χ3n) is 7.48. The number of amides is 1. The number of benzene rings is 2. The number of nitriles is 1. The Morgan fingerprint density at radius 3 is 2.38 bits per heavy atom. The Balaban J connectivity index is 1.27. The molecule has 1 amide bonds. The van der Waals surface area contributed by atoms with Gasteiger partial charge in [0.05, 0.1) is 45.5 Å². The zero-order valence-electron chi connectivity index (χ0n) is 21.6. The Labute approximate surface area is 230 Å². The molecular weight excluding hydrogens is 514 g/mol. The maximum atomic E-state index is 13.5. The van der Waals surface area contributed by atoms with Gasteiger partial charge in [0, 0.05) is 24.3 Å². The summed E-state index contributed by atoms with van der Waals surface area (Å²) in [6.45, 7) is 2.26. The van der Waals surface area contributed by atoms with Crippen molar-refractivity contribution in [3.63, 3.8) is 0 Å². The molecule has 1 aliphatic carbocycles. The van der Waals surface area contributed by atoms with Crippen LogP contribution in [0.4, 0.5) is 0 Å². The van der Waals surface area contributed by atoms with Crippen LogP contribution >= 0.6 is 11.6 Å². The van der Waals surface area contributed by atoms with E-state index in [0.29, 0.717) is 34.0 Å². The SMILES string of the molecule is Cc1ncc(Cl)cc1C(=O)N[C@H]1CC[C@H](Cn2c(=O)n(CC(=O)c3ccc(C#N)cc3)c3ccccc32)CC1. The van der Waals surface area contributed by atoms with Crippen molar-refractivity contribution in [3.8, 4) is 6.07 Å². The number of hydrogen-bond acceptors (Lipinski definition) is 5. The van der Waals surface area contributed by atoms with Crippen LogP contribution in [0, 0.1) is 24.2 Å². The van der Waals surface area contributed by atoms with E-state index in [2.05, 4.69) is 10.3 Å². The number of ketones is 1. The molecule has 1 N–H and O–H groups in total. The third kappa shape index (κ3) is 5.64. The monoisotopic (exact) mass is 541 g/mol. The maximum Gasteiger partial charge on any atom is 0.329 e. The fourth-order valence-electron chi connectivity index (χ4n) is 5.32. The molecule has 2 aromatic heterocycles. The Morgan fingerprint density at radius 2 is 1.72 bits per heavy atom. The smallest absolute Gasteiger partial charge is 0.329 e. The number of hydrogen-bond donors (Lipinski definition) is 1. The van der Waals surface area contributed by atoms with E-state index in [0.717, 1.165) is 36.7 Å². The Kier molecular flexibility index (Phi) is 7.62. The summed E-state index contributed by atoms with van der Waals surface area (Å²) < 4.78 is 3.30. The highest BCUT2D eigenvalue weighted by molar-refractivity contribution is 6.30. The van der Waals surface area contributed by atoms with Crippen LogP contribution in [0.3, 0.4) is 0 Å². The second-order valence-corrected chi connectivity index (χ2v) is 10.5. The van der Waals surface area contributed by atoms with Gasteiger partial charge >= 0.3 is 5.69 Å². The van der Waals surface area contributed by atoms with Gasteiger partial charge in [-0.3, -0.25) is 23.7 Å². The minimum Gasteiger partial charge on any atom is -0.349 e. The molecule has 5 rings (SSSR count). The lowest BCUT2D eigenvalue weighted by Crippen LogP contribution is -2.39. The first-order valence-corrected chi connectivity index (χ1v) is 13.4.